The molecular weight excluding hydrogens is 210 g/mol. The van der Waals surface area contributed by atoms with Gasteiger partial charge in [0.1, 0.15) is 0 Å². The van der Waals surface area contributed by atoms with Crippen LogP contribution in [0.4, 0.5) is 0 Å². The van der Waals surface area contributed by atoms with Gasteiger partial charge in [0.05, 0.1) is 0 Å². The lowest BCUT2D eigenvalue weighted by atomic mass is 9.88. The van der Waals surface area contributed by atoms with Gasteiger partial charge in [0, 0.05) is 32.2 Å². The summed E-state index contributed by atoms with van der Waals surface area (Å²) in [6, 6.07) is 0.676. The van der Waals surface area contributed by atoms with Crippen LogP contribution in [0.5, 0.6) is 0 Å². The zero-order valence-corrected chi connectivity index (χ0v) is 12.2. The molecule has 1 rings (SSSR count). The first-order valence-corrected chi connectivity index (χ1v) is 7.16. The predicted molar refractivity (Wildman–Crippen MR) is 75.5 cm³/mol. The molecule has 0 spiro atoms. The normalized spacial score (nSPS) is 22.9. The number of nitrogens with zero attached hydrogens (tertiary/aromatic N) is 1. The van der Waals surface area contributed by atoms with Crippen molar-refractivity contribution in [1.82, 2.24) is 15.5 Å². The third kappa shape index (κ3) is 6.39. The third-order valence-corrected chi connectivity index (χ3v) is 3.66. The number of piperazine rings is 1. The standard InChI is InChI=1S/C14H31N3/c1-5-7-14(2,3)12-15-8-6-13-11-17(4)10-9-16-13/h13,15-16H,5-12H2,1-4H3. The number of hydrogen-bond acceptors (Lipinski definition) is 3. The molecule has 0 aromatic heterocycles. The van der Waals surface area contributed by atoms with Crippen molar-refractivity contribution in [2.45, 2.75) is 46.1 Å². The molecule has 0 saturated carbocycles. The second-order valence-corrected chi connectivity index (χ2v) is 6.29. The van der Waals surface area contributed by atoms with Crippen LogP contribution in [-0.4, -0.2) is 50.7 Å². The lowest BCUT2D eigenvalue weighted by Crippen LogP contribution is -2.50. The Kier molecular flexibility index (Phi) is 6.45. The molecule has 1 aliphatic heterocycles. The van der Waals surface area contributed by atoms with Gasteiger partial charge >= 0.3 is 0 Å². The van der Waals surface area contributed by atoms with E-state index in [0.29, 0.717) is 11.5 Å². The van der Waals surface area contributed by atoms with E-state index in [4.69, 9.17) is 0 Å². The van der Waals surface area contributed by atoms with Crippen molar-refractivity contribution in [1.29, 1.82) is 0 Å². The maximum Gasteiger partial charge on any atom is 0.0207 e. The van der Waals surface area contributed by atoms with Crippen molar-refractivity contribution in [2.24, 2.45) is 5.41 Å². The lowest BCUT2D eigenvalue weighted by Gasteiger charge is -2.31. The van der Waals surface area contributed by atoms with E-state index < -0.39 is 0 Å². The average molecular weight is 241 g/mol. The van der Waals surface area contributed by atoms with Crippen LogP contribution in [0.1, 0.15) is 40.0 Å². The highest BCUT2D eigenvalue weighted by Gasteiger charge is 2.18. The first kappa shape index (κ1) is 14.9. The molecule has 0 aromatic rings. The number of likely N-dealkylation sites (N-methyl/N-ethyl adjacent to an activating group) is 1. The fourth-order valence-corrected chi connectivity index (χ4v) is 2.65. The molecule has 1 heterocycles. The molecule has 1 aliphatic rings. The quantitative estimate of drug-likeness (QED) is 0.664. The van der Waals surface area contributed by atoms with Gasteiger partial charge in [-0.25, -0.2) is 0 Å². The number of rotatable bonds is 7. The zero-order chi connectivity index (χ0) is 12.7. The summed E-state index contributed by atoms with van der Waals surface area (Å²) in [5, 5.41) is 7.20. The molecule has 1 unspecified atom stereocenters. The summed E-state index contributed by atoms with van der Waals surface area (Å²) in [4.78, 5) is 2.42. The van der Waals surface area contributed by atoms with E-state index in [1.54, 1.807) is 0 Å². The van der Waals surface area contributed by atoms with E-state index in [2.05, 4.69) is 43.4 Å². The van der Waals surface area contributed by atoms with E-state index in [-0.39, 0.29) is 0 Å². The predicted octanol–water partition coefficient (Wildman–Crippen LogP) is 1.70. The molecule has 0 aliphatic carbocycles. The SMILES string of the molecule is CCCC(C)(C)CNCCC1CN(C)CCN1. The summed E-state index contributed by atoms with van der Waals surface area (Å²) < 4.78 is 0. The molecule has 3 heteroatoms. The Morgan fingerprint density at radius 2 is 2.18 bits per heavy atom. The van der Waals surface area contributed by atoms with Gasteiger partial charge in [-0.05, 0) is 31.8 Å². The molecule has 3 nitrogen and oxygen atoms in total. The molecule has 2 N–H and O–H groups in total. The Hall–Kier alpha value is -0.120. The van der Waals surface area contributed by atoms with Crippen LogP contribution in [0, 0.1) is 5.41 Å². The van der Waals surface area contributed by atoms with E-state index in [9.17, 15) is 0 Å². The topological polar surface area (TPSA) is 27.3 Å². The molecule has 1 atom stereocenters. The monoisotopic (exact) mass is 241 g/mol. The Bertz CT molecular complexity index is 204. The largest absolute Gasteiger partial charge is 0.316 e. The summed E-state index contributed by atoms with van der Waals surface area (Å²) in [6.07, 6.45) is 3.83. The van der Waals surface area contributed by atoms with Crippen molar-refractivity contribution in [3.05, 3.63) is 0 Å². The minimum absolute atomic E-state index is 0.450. The van der Waals surface area contributed by atoms with Crippen molar-refractivity contribution in [2.75, 3.05) is 39.8 Å². The molecule has 0 amide bonds. The van der Waals surface area contributed by atoms with Crippen molar-refractivity contribution in [3.63, 3.8) is 0 Å². The van der Waals surface area contributed by atoms with Crippen LogP contribution in [-0.2, 0) is 0 Å². The van der Waals surface area contributed by atoms with Gasteiger partial charge < -0.3 is 15.5 Å². The van der Waals surface area contributed by atoms with Gasteiger partial charge in [-0.2, -0.15) is 0 Å². The minimum atomic E-state index is 0.450. The van der Waals surface area contributed by atoms with Crippen molar-refractivity contribution < 1.29 is 0 Å². The number of hydrogen-bond donors (Lipinski definition) is 2. The van der Waals surface area contributed by atoms with Gasteiger partial charge in [0.25, 0.3) is 0 Å². The van der Waals surface area contributed by atoms with E-state index in [1.165, 1.54) is 32.4 Å². The van der Waals surface area contributed by atoms with Crippen LogP contribution in [0.25, 0.3) is 0 Å². The van der Waals surface area contributed by atoms with Gasteiger partial charge in [-0.1, -0.05) is 27.2 Å². The summed E-state index contributed by atoms with van der Waals surface area (Å²) in [7, 11) is 2.21. The van der Waals surface area contributed by atoms with E-state index >= 15 is 0 Å². The van der Waals surface area contributed by atoms with Crippen LogP contribution in [0.3, 0.4) is 0 Å². The van der Waals surface area contributed by atoms with Crippen LogP contribution in [0.2, 0.25) is 0 Å². The maximum absolute atomic E-state index is 3.61. The average Bonchev–Trinajstić information content (AvgIpc) is 2.24. The Morgan fingerprint density at radius 1 is 1.41 bits per heavy atom. The van der Waals surface area contributed by atoms with Crippen LogP contribution in [0.15, 0.2) is 0 Å². The van der Waals surface area contributed by atoms with E-state index in [0.717, 1.165) is 19.6 Å². The van der Waals surface area contributed by atoms with Crippen molar-refractivity contribution in [3.8, 4) is 0 Å². The third-order valence-electron chi connectivity index (χ3n) is 3.66. The molecule has 0 radical (unpaired) electrons. The second-order valence-electron chi connectivity index (χ2n) is 6.29. The molecule has 0 aromatic carbocycles. The second kappa shape index (κ2) is 7.34. The highest BCUT2D eigenvalue weighted by Crippen LogP contribution is 2.20. The molecule has 102 valence electrons. The van der Waals surface area contributed by atoms with Crippen LogP contribution >= 0.6 is 0 Å². The molecular formula is C14H31N3. The maximum atomic E-state index is 3.61. The lowest BCUT2D eigenvalue weighted by molar-refractivity contribution is 0.228. The van der Waals surface area contributed by atoms with Gasteiger partial charge in [-0.3, -0.25) is 0 Å². The summed E-state index contributed by atoms with van der Waals surface area (Å²) in [5.41, 5.74) is 0.450. The molecule has 1 fully saturated rings. The smallest absolute Gasteiger partial charge is 0.0207 e. The Balaban J connectivity index is 2.07. The molecule has 1 saturated heterocycles. The first-order valence-electron chi connectivity index (χ1n) is 7.16. The van der Waals surface area contributed by atoms with E-state index in [1.807, 2.05) is 0 Å². The summed E-state index contributed by atoms with van der Waals surface area (Å²) >= 11 is 0. The first-order chi connectivity index (χ1) is 8.03. The number of nitrogens with one attached hydrogen (secondary N) is 2. The van der Waals surface area contributed by atoms with Gasteiger partial charge in [0.2, 0.25) is 0 Å². The highest BCUT2D eigenvalue weighted by molar-refractivity contribution is 4.78. The summed E-state index contributed by atoms with van der Waals surface area (Å²) in [6.45, 7) is 12.8. The minimum Gasteiger partial charge on any atom is -0.316 e. The van der Waals surface area contributed by atoms with Gasteiger partial charge in [0.15, 0.2) is 0 Å². The zero-order valence-electron chi connectivity index (χ0n) is 12.2. The molecule has 17 heavy (non-hydrogen) atoms. The fourth-order valence-electron chi connectivity index (χ4n) is 2.65. The fraction of sp³-hybridized carbons (Fsp3) is 1.00. The highest BCUT2D eigenvalue weighted by atomic mass is 15.2. The van der Waals surface area contributed by atoms with Crippen molar-refractivity contribution >= 4 is 0 Å². The Labute approximate surface area is 107 Å². The van der Waals surface area contributed by atoms with Gasteiger partial charge in [-0.15, -0.1) is 0 Å². The van der Waals surface area contributed by atoms with Crippen LogP contribution < -0.4 is 10.6 Å². The summed E-state index contributed by atoms with van der Waals surface area (Å²) in [5.74, 6) is 0. The Morgan fingerprint density at radius 3 is 2.82 bits per heavy atom. The molecule has 0 bridgehead atoms.